The molecule has 1 N–H and O–H groups in total. The first kappa shape index (κ1) is 18.0. The molecular weight excluding hydrogens is 339 g/mol. The maximum Gasteiger partial charge on any atom is 0.255 e. The number of carbonyl (C=O) groups is 1. The number of nitrogens with zero attached hydrogens (tertiary/aromatic N) is 1. The van der Waals surface area contributed by atoms with Crippen LogP contribution in [0.15, 0.2) is 36.4 Å². The fourth-order valence-corrected chi connectivity index (χ4v) is 2.86. The summed E-state index contributed by atoms with van der Waals surface area (Å²) in [6.45, 7) is 2.57. The van der Waals surface area contributed by atoms with Gasteiger partial charge in [-0.1, -0.05) is 0 Å². The lowest BCUT2D eigenvalue weighted by Crippen LogP contribution is -2.36. The Balaban J connectivity index is 1.86. The van der Waals surface area contributed by atoms with Crippen molar-refractivity contribution < 1.29 is 23.4 Å². The summed E-state index contributed by atoms with van der Waals surface area (Å²) < 4.78 is 29.5. The lowest BCUT2D eigenvalue weighted by Gasteiger charge is -2.30. The Morgan fingerprint density at radius 2 is 1.81 bits per heavy atom. The van der Waals surface area contributed by atoms with Gasteiger partial charge in [0, 0.05) is 18.7 Å². The van der Waals surface area contributed by atoms with Crippen molar-refractivity contribution in [3.63, 3.8) is 0 Å². The van der Waals surface area contributed by atoms with Crippen LogP contribution in [0.2, 0.25) is 0 Å². The van der Waals surface area contributed by atoms with Crippen molar-refractivity contribution in [1.29, 1.82) is 0 Å². The molecule has 6 nitrogen and oxygen atoms in total. The molecule has 0 spiro atoms. The Bertz CT molecular complexity index is 791. The molecule has 1 aliphatic rings. The molecule has 26 heavy (non-hydrogen) atoms. The third kappa shape index (κ3) is 3.88. The minimum atomic E-state index is -0.412. The predicted octanol–water partition coefficient (Wildman–Crippen LogP) is 2.93. The lowest BCUT2D eigenvalue weighted by molar-refractivity contribution is 0.102. The van der Waals surface area contributed by atoms with Gasteiger partial charge in [0.05, 0.1) is 38.8 Å². The summed E-state index contributed by atoms with van der Waals surface area (Å²) >= 11 is 0. The van der Waals surface area contributed by atoms with Gasteiger partial charge in [0.15, 0.2) is 11.5 Å². The molecule has 0 atom stereocenters. The second kappa shape index (κ2) is 8.05. The molecule has 1 fully saturated rings. The molecule has 1 aliphatic heterocycles. The number of hydrogen-bond acceptors (Lipinski definition) is 5. The van der Waals surface area contributed by atoms with Crippen LogP contribution >= 0.6 is 0 Å². The zero-order valence-electron chi connectivity index (χ0n) is 14.8. The van der Waals surface area contributed by atoms with Crippen molar-refractivity contribution in [3.8, 4) is 11.5 Å². The van der Waals surface area contributed by atoms with Crippen LogP contribution in [0.3, 0.4) is 0 Å². The van der Waals surface area contributed by atoms with Crippen molar-refractivity contribution in [2.24, 2.45) is 0 Å². The van der Waals surface area contributed by atoms with E-state index in [9.17, 15) is 9.18 Å². The van der Waals surface area contributed by atoms with E-state index in [1.54, 1.807) is 24.3 Å². The van der Waals surface area contributed by atoms with Crippen molar-refractivity contribution in [3.05, 3.63) is 47.8 Å². The van der Waals surface area contributed by atoms with Crippen LogP contribution in [-0.2, 0) is 4.74 Å². The van der Waals surface area contributed by atoms with E-state index >= 15 is 0 Å². The Labute approximate surface area is 151 Å². The first-order chi connectivity index (χ1) is 12.6. The van der Waals surface area contributed by atoms with E-state index in [-0.39, 0.29) is 5.91 Å². The zero-order chi connectivity index (χ0) is 18.5. The van der Waals surface area contributed by atoms with Gasteiger partial charge in [0.2, 0.25) is 0 Å². The summed E-state index contributed by atoms with van der Waals surface area (Å²) in [5, 5.41) is 2.80. The van der Waals surface area contributed by atoms with Crippen molar-refractivity contribution in [2.75, 3.05) is 50.7 Å². The molecule has 0 saturated carbocycles. The highest BCUT2D eigenvalue weighted by atomic mass is 19.1. The second-order valence-electron chi connectivity index (χ2n) is 5.78. The third-order valence-corrected chi connectivity index (χ3v) is 4.20. The van der Waals surface area contributed by atoms with E-state index in [2.05, 4.69) is 10.2 Å². The van der Waals surface area contributed by atoms with Gasteiger partial charge in [0.1, 0.15) is 5.82 Å². The normalized spacial score (nSPS) is 14.0. The molecule has 0 bridgehead atoms. The molecule has 2 aromatic carbocycles. The Morgan fingerprint density at radius 1 is 1.08 bits per heavy atom. The van der Waals surface area contributed by atoms with Crippen LogP contribution in [0.1, 0.15) is 10.4 Å². The van der Waals surface area contributed by atoms with Crippen LogP contribution in [-0.4, -0.2) is 46.4 Å². The smallest absolute Gasteiger partial charge is 0.255 e. The third-order valence-electron chi connectivity index (χ3n) is 4.20. The highest BCUT2D eigenvalue weighted by Crippen LogP contribution is 2.30. The van der Waals surface area contributed by atoms with Gasteiger partial charge in [-0.25, -0.2) is 4.39 Å². The van der Waals surface area contributed by atoms with E-state index in [1.807, 2.05) is 0 Å². The van der Waals surface area contributed by atoms with Crippen LogP contribution < -0.4 is 19.7 Å². The van der Waals surface area contributed by atoms with Crippen LogP contribution in [0.25, 0.3) is 0 Å². The van der Waals surface area contributed by atoms with Gasteiger partial charge in [0.25, 0.3) is 5.91 Å². The van der Waals surface area contributed by atoms with Gasteiger partial charge < -0.3 is 24.4 Å². The molecule has 2 aromatic rings. The fourth-order valence-electron chi connectivity index (χ4n) is 2.86. The number of rotatable bonds is 5. The molecule has 138 valence electrons. The quantitative estimate of drug-likeness (QED) is 0.888. The van der Waals surface area contributed by atoms with Crippen molar-refractivity contribution in [2.45, 2.75) is 0 Å². The van der Waals surface area contributed by atoms with Crippen LogP contribution in [0.4, 0.5) is 15.8 Å². The van der Waals surface area contributed by atoms with Gasteiger partial charge in [-0.05, 0) is 36.4 Å². The number of morpholine rings is 1. The minimum absolute atomic E-state index is 0.355. The second-order valence-corrected chi connectivity index (χ2v) is 5.78. The monoisotopic (exact) mass is 360 g/mol. The van der Waals surface area contributed by atoms with Crippen molar-refractivity contribution in [1.82, 2.24) is 0 Å². The van der Waals surface area contributed by atoms with Gasteiger partial charge in [-0.2, -0.15) is 0 Å². The molecule has 1 saturated heterocycles. The number of amides is 1. The molecule has 1 amide bonds. The molecule has 0 unspecified atom stereocenters. The highest BCUT2D eigenvalue weighted by Gasteiger charge is 2.18. The van der Waals surface area contributed by atoms with E-state index in [4.69, 9.17) is 14.2 Å². The molecule has 0 aliphatic carbocycles. The predicted molar refractivity (Wildman–Crippen MR) is 96.9 cm³/mol. The van der Waals surface area contributed by atoms with Crippen molar-refractivity contribution >= 4 is 17.3 Å². The van der Waals surface area contributed by atoms with Crippen LogP contribution in [0.5, 0.6) is 11.5 Å². The number of halogens is 1. The SMILES string of the molecule is COc1ccc(C(=O)Nc2cc(F)ccc2N2CCOCC2)cc1OC. The van der Waals surface area contributed by atoms with E-state index in [1.165, 1.54) is 26.4 Å². The van der Waals surface area contributed by atoms with E-state index in [0.29, 0.717) is 49.1 Å². The summed E-state index contributed by atoms with van der Waals surface area (Å²) in [6, 6.07) is 9.25. The first-order valence-electron chi connectivity index (χ1n) is 8.28. The number of nitrogens with one attached hydrogen (secondary N) is 1. The standard InChI is InChI=1S/C19H21FN2O4/c1-24-17-6-3-13(11-18(17)25-2)19(23)21-15-12-14(20)4-5-16(15)22-7-9-26-10-8-22/h3-6,11-12H,7-10H2,1-2H3,(H,21,23). The number of benzene rings is 2. The van der Waals surface area contributed by atoms with E-state index < -0.39 is 5.82 Å². The average Bonchev–Trinajstić information content (AvgIpc) is 2.68. The maximum absolute atomic E-state index is 13.8. The van der Waals surface area contributed by atoms with Crippen LogP contribution in [0, 0.1) is 5.82 Å². The summed E-state index contributed by atoms with van der Waals surface area (Å²) in [4.78, 5) is 14.7. The number of anilines is 2. The fraction of sp³-hybridized carbons (Fsp3) is 0.316. The summed E-state index contributed by atoms with van der Waals surface area (Å²) in [7, 11) is 3.03. The van der Waals surface area contributed by atoms with E-state index in [0.717, 1.165) is 5.69 Å². The number of methoxy groups -OCH3 is 2. The maximum atomic E-state index is 13.8. The molecule has 0 radical (unpaired) electrons. The number of carbonyl (C=O) groups excluding carboxylic acids is 1. The summed E-state index contributed by atoms with van der Waals surface area (Å²) in [5.41, 5.74) is 1.58. The van der Waals surface area contributed by atoms with Gasteiger partial charge in [-0.3, -0.25) is 4.79 Å². The molecule has 3 rings (SSSR count). The summed E-state index contributed by atoms with van der Waals surface area (Å²) in [5.74, 6) is 0.215. The topological polar surface area (TPSA) is 60.0 Å². The molecule has 1 heterocycles. The molecule has 7 heteroatoms. The Hall–Kier alpha value is -2.80. The Morgan fingerprint density at radius 3 is 2.50 bits per heavy atom. The average molecular weight is 360 g/mol. The lowest BCUT2D eigenvalue weighted by atomic mass is 10.1. The molecule has 0 aromatic heterocycles. The summed E-state index contributed by atoms with van der Waals surface area (Å²) in [6.07, 6.45) is 0. The molecular formula is C19H21FN2O4. The number of ether oxygens (including phenoxy) is 3. The zero-order valence-corrected chi connectivity index (χ0v) is 14.8. The largest absolute Gasteiger partial charge is 0.493 e. The van der Waals surface area contributed by atoms with Gasteiger partial charge >= 0.3 is 0 Å². The Kier molecular flexibility index (Phi) is 5.58. The minimum Gasteiger partial charge on any atom is -0.493 e. The van der Waals surface area contributed by atoms with Gasteiger partial charge in [-0.15, -0.1) is 0 Å². The number of hydrogen-bond donors (Lipinski definition) is 1. The highest BCUT2D eigenvalue weighted by molar-refractivity contribution is 6.06. The first-order valence-corrected chi connectivity index (χ1v) is 8.28.